The van der Waals surface area contributed by atoms with Crippen molar-refractivity contribution in [2.24, 2.45) is 23.0 Å². The molecule has 1 aliphatic carbocycles. The number of hydrogen-bond donors (Lipinski definition) is 1. The van der Waals surface area contributed by atoms with E-state index in [1.54, 1.807) is 0 Å². The molecule has 2 fully saturated rings. The van der Waals surface area contributed by atoms with Crippen molar-refractivity contribution in [2.75, 3.05) is 19.6 Å². The Morgan fingerprint density at radius 1 is 1.17 bits per heavy atom. The molecule has 2 atom stereocenters. The van der Waals surface area contributed by atoms with E-state index in [2.05, 4.69) is 25.7 Å². The van der Waals surface area contributed by atoms with Crippen molar-refractivity contribution in [1.82, 2.24) is 4.90 Å². The summed E-state index contributed by atoms with van der Waals surface area (Å²) in [6.07, 6.45) is 8.03. The number of hydrogen-bond acceptors (Lipinski definition) is 2. The second-order valence-electron chi connectivity index (χ2n) is 7.48. The Morgan fingerprint density at radius 3 is 2.44 bits per heavy atom. The standard InChI is InChI=1S/C16H32N2/c1-4-13-6-9-18(10-7-13)12-14-11-16(2,3)8-5-15(14)17/h13-15H,4-12,17H2,1-3H3. The zero-order valence-electron chi connectivity index (χ0n) is 12.6. The summed E-state index contributed by atoms with van der Waals surface area (Å²) >= 11 is 0. The van der Waals surface area contributed by atoms with E-state index in [-0.39, 0.29) is 0 Å². The molecule has 1 saturated heterocycles. The lowest BCUT2D eigenvalue weighted by molar-refractivity contribution is 0.0942. The fraction of sp³-hybridized carbons (Fsp3) is 1.00. The Morgan fingerprint density at radius 2 is 1.83 bits per heavy atom. The van der Waals surface area contributed by atoms with Gasteiger partial charge in [-0.15, -0.1) is 0 Å². The first-order valence-corrected chi connectivity index (χ1v) is 7.98. The van der Waals surface area contributed by atoms with Crippen LogP contribution in [0.25, 0.3) is 0 Å². The summed E-state index contributed by atoms with van der Waals surface area (Å²) in [5.41, 5.74) is 6.86. The second-order valence-corrected chi connectivity index (χ2v) is 7.48. The molecule has 2 unspecified atom stereocenters. The molecule has 106 valence electrons. The number of rotatable bonds is 3. The van der Waals surface area contributed by atoms with Crippen LogP contribution < -0.4 is 5.73 Å². The summed E-state index contributed by atoms with van der Waals surface area (Å²) in [5, 5.41) is 0. The first-order valence-electron chi connectivity index (χ1n) is 7.98. The van der Waals surface area contributed by atoms with E-state index in [0.717, 1.165) is 11.8 Å². The first kappa shape index (κ1) is 14.3. The molecular weight excluding hydrogens is 220 g/mol. The van der Waals surface area contributed by atoms with Gasteiger partial charge in [0.2, 0.25) is 0 Å². The fourth-order valence-electron chi connectivity index (χ4n) is 3.87. The Balaban J connectivity index is 1.81. The molecule has 2 nitrogen and oxygen atoms in total. The average Bonchev–Trinajstić information content (AvgIpc) is 2.35. The van der Waals surface area contributed by atoms with E-state index in [4.69, 9.17) is 5.73 Å². The second kappa shape index (κ2) is 5.92. The van der Waals surface area contributed by atoms with Crippen molar-refractivity contribution in [3.8, 4) is 0 Å². The average molecular weight is 252 g/mol. The van der Waals surface area contributed by atoms with Crippen LogP contribution >= 0.6 is 0 Å². The molecule has 0 spiro atoms. The van der Waals surface area contributed by atoms with Crippen LogP contribution in [0.2, 0.25) is 0 Å². The molecule has 1 saturated carbocycles. The van der Waals surface area contributed by atoms with E-state index in [1.165, 1.54) is 58.2 Å². The highest BCUT2D eigenvalue weighted by Crippen LogP contribution is 2.38. The summed E-state index contributed by atoms with van der Waals surface area (Å²) in [4.78, 5) is 2.68. The molecular formula is C16H32N2. The Hall–Kier alpha value is -0.0800. The highest BCUT2D eigenvalue weighted by molar-refractivity contribution is 4.89. The molecule has 0 aromatic heterocycles. The predicted octanol–water partition coefficient (Wildman–Crippen LogP) is 3.26. The van der Waals surface area contributed by atoms with Crippen LogP contribution in [0, 0.1) is 17.3 Å². The molecule has 1 aliphatic heterocycles. The maximum atomic E-state index is 6.34. The normalized spacial score (nSPS) is 34.7. The number of piperidine rings is 1. The predicted molar refractivity (Wildman–Crippen MR) is 78.6 cm³/mol. The topological polar surface area (TPSA) is 29.3 Å². The van der Waals surface area contributed by atoms with E-state index in [0.29, 0.717) is 11.5 Å². The fourth-order valence-corrected chi connectivity index (χ4v) is 3.87. The van der Waals surface area contributed by atoms with E-state index in [1.807, 2.05) is 0 Å². The zero-order valence-corrected chi connectivity index (χ0v) is 12.6. The van der Waals surface area contributed by atoms with Crippen LogP contribution in [-0.2, 0) is 0 Å². The van der Waals surface area contributed by atoms with Crippen molar-refractivity contribution < 1.29 is 0 Å². The van der Waals surface area contributed by atoms with Crippen LogP contribution in [0.5, 0.6) is 0 Å². The summed E-state index contributed by atoms with van der Waals surface area (Å²) in [6.45, 7) is 11.0. The largest absolute Gasteiger partial charge is 0.327 e. The highest BCUT2D eigenvalue weighted by Gasteiger charge is 2.34. The lowest BCUT2D eigenvalue weighted by Crippen LogP contribution is -2.46. The van der Waals surface area contributed by atoms with Crippen LogP contribution in [0.15, 0.2) is 0 Å². The Kier molecular flexibility index (Phi) is 4.71. The number of nitrogens with zero attached hydrogens (tertiary/aromatic N) is 1. The van der Waals surface area contributed by atoms with E-state index in [9.17, 15) is 0 Å². The molecule has 0 aromatic rings. The summed E-state index contributed by atoms with van der Waals surface area (Å²) in [7, 11) is 0. The van der Waals surface area contributed by atoms with Crippen molar-refractivity contribution in [1.29, 1.82) is 0 Å². The van der Waals surface area contributed by atoms with Crippen LogP contribution in [-0.4, -0.2) is 30.6 Å². The highest BCUT2D eigenvalue weighted by atomic mass is 15.1. The van der Waals surface area contributed by atoms with Crippen molar-refractivity contribution in [3.05, 3.63) is 0 Å². The van der Waals surface area contributed by atoms with Crippen LogP contribution in [0.3, 0.4) is 0 Å². The molecule has 0 aromatic carbocycles. The Labute approximate surface area is 113 Å². The van der Waals surface area contributed by atoms with Crippen molar-refractivity contribution >= 4 is 0 Å². The third kappa shape index (κ3) is 3.71. The molecule has 2 N–H and O–H groups in total. The third-order valence-electron chi connectivity index (χ3n) is 5.35. The van der Waals surface area contributed by atoms with Gasteiger partial charge in [-0.1, -0.05) is 27.2 Å². The van der Waals surface area contributed by atoms with Gasteiger partial charge < -0.3 is 10.6 Å². The van der Waals surface area contributed by atoms with Gasteiger partial charge in [0.25, 0.3) is 0 Å². The van der Waals surface area contributed by atoms with E-state index >= 15 is 0 Å². The minimum Gasteiger partial charge on any atom is -0.327 e. The minimum atomic E-state index is 0.446. The minimum absolute atomic E-state index is 0.446. The van der Waals surface area contributed by atoms with Gasteiger partial charge in [-0.25, -0.2) is 0 Å². The molecule has 2 aliphatic rings. The lowest BCUT2D eigenvalue weighted by Gasteiger charge is -2.42. The van der Waals surface area contributed by atoms with Crippen LogP contribution in [0.4, 0.5) is 0 Å². The Bertz CT molecular complexity index is 254. The lowest BCUT2D eigenvalue weighted by atomic mass is 9.70. The maximum absolute atomic E-state index is 6.34. The van der Waals surface area contributed by atoms with Gasteiger partial charge in [0.15, 0.2) is 0 Å². The molecule has 18 heavy (non-hydrogen) atoms. The van der Waals surface area contributed by atoms with Gasteiger partial charge in [-0.2, -0.15) is 0 Å². The summed E-state index contributed by atoms with van der Waals surface area (Å²) in [6, 6.07) is 0.446. The number of likely N-dealkylation sites (tertiary alicyclic amines) is 1. The van der Waals surface area contributed by atoms with Gasteiger partial charge in [0.05, 0.1) is 0 Å². The van der Waals surface area contributed by atoms with Crippen molar-refractivity contribution in [3.63, 3.8) is 0 Å². The first-order chi connectivity index (χ1) is 8.50. The van der Waals surface area contributed by atoms with Crippen molar-refractivity contribution in [2.45, 2.75) is 65.3 Å². The van der Waals surface area contributed by atoms with E-state index < -0.39 is 0 Å². The van der Waals surface area contributed by atoms with Crippen LogP contribution in [0.1, 0.15) is 59.3 Å². The van der Waals surface area contributed by atoms with Gasteiger partial charge >= 0.3 is 0 Å². The molecule has 0 amide bonds. The number of nitrogens with two attached hydrogens (primary N) is 1. The molecule has 1 heterocycles. The summed E-state index contributed by atoms with van der Waals surface area (Å²) in [5.74, 6) is 1.71. The molecule has 2 rings (SSSR count). The van der Waals surface area contributed by atoms with Gasteiger partial charge in [0, 0.05) is 12.6 Å². The summed E-state index contributed by atoms with van der Waals surface area (Å²) < 4.78 is 0. The van der Waals surface area contributed by atoms with Gasteiger partial charge in [-0.05, 0) is 62.4 Å². The SMILES string of the molecule is CCC1CCN(CC2CC(C)(C)CCC2N)CC1. The third-order valence-corrected chi connectivity index (χ3v) is 5.35. The van der Waals surface area contributed by atoms with Gasteiger partial charge in [0.1, 0.15) is 0 Å². The smallest absolute Gasteiger partial charge is 0.00797 e. The molecule has 2 heteroatoms. The molecule has 0 bridgehead atoms. The maximum Gasteiger partial charge on any atom is 0.00797 e. The monoisotopic (exact) mass is 252 g/mol. The quantitative estimate of drug-likeness (QED) is 0.835. The molecule has 0 radical (unpaired) electrons. The zero-order chi connectivity index (χ0) is 13.2. The van der Waals surface area contributed by atoms with Gasteiger partial charge in [-0.3, -0.25) is 0 Å².